The number of piperazine rings is 1. The van der Waals surface area contributed by atoms with Crippen LogP contribution in [0.4, 0.5) is 0 Å². The molecule has 1 unspecified atom stereocenters. The van der Waals surface area contributed by atoms with Crippen molar-refractivity contribution < 1.29 is 4.79 Å². The van der Waals surface area contributed by atoms with Gasteiger partial charge in [0.2, 0.25) is 0 Å². The van der Waals surface area contributed by atoms with Crippen molar-refractivity contribution in [3.63, 3.8) is 0 Å². The average molecular weight is 375 g/mol. The van der Waals surface area contributed by atoms with Gasteiger partial charge in [-0.2, -0.15) is 5.10 Å². The fraction of sp³-hybridized carbons (Fsp3) is 0.409. The molecule has 6 nitrogen and oxygen atoms in total. The number of carbonyl (C=O) groups is 1. The third-order valence-corrected chi connectivity index (χ3v) is 6.33. The maximum atomic E-state index is 13.1. The molecule has 0 bridgehead atoms. The van der Waals surface area contributed by atoms with E-state index in [0.717, 1.165) is 50.4 Å². The Morgan fingerprint density at radius 1 is 1.07 bits per heavy atom. The predicted molar refractivity (Wildman–Crippen MR) is 107 cm³/mol. The highest BCUT2D eigenvalue weighted by Gasteiger charge is 2.29. The topological polar surface area (TPSA) is 53.7 Å². The van der Waals surface area contributed by atoms with Crippen LogP contribution in [-0.4, -0.2) is 62.5 Å². The molecule has 1 aromatic carbocycles. The molecule has 1 aliphatic carbocycles. The zero-order valence-corrected chi connectivity index (χ0v) is 16.2. The molecule has 0 spiro atoms. The standard InChI is InChI=1S/C22H25N5O/c1-16-20(15-23-21-8-9-24-27(16)21)22(28)26-12-10-25(11-13-26)19-7-6-17-4-2-3-5-18(17)14-19/h2-5,8-9,15,19H,6-7,10-14H2,1H3. The Kier molecular flexibility index (Phi) is 4.36. The molecule has 5 rings (SSSR count). The quantitative estimate of drug-likeness (QED) is 0.690. The van der Waals surface area contributed by atoms with Crippen molar-refractivity contribution in [1.29, 1.82) is 0 Å². The molecule has 28 heavy (non-hydrogen) atoms. The van der Waals surface area contributed by atoms with Gasteiger partial charge in [0.15, 0.2) is 5.65 Å². The van der Waals surface area contributed by atoms with Crippen molar-refractivity contribution in [2.24, 2.45) is 0 Å². The van der Waals surface area contributed by atoms with Crippen LogP contribution in [-0.2, 0) is 12.8 Å². The van der Waals surface area contributed by atoms with E-state index in [9.17, 15) is 4.79 Å². The molecule has 1 atom stereocenters. The van der Waals surface area contributed by atoms with Crippen molar-refractivity contribution in [2.45, 2.75) is 32.2 Å². The van der Waals surface area contributed by atoms with Crippen LogP contribution in [0.1, 0.15) is 33.6 Å². The Morgan fingerprint density at radius 3 is 2.68 bits per heavy atom. The van der Waals surface area contributed by atoms with E-state index in [0.29, 0.717) is 11.6 Å². The van der Waals surface area contributed by atoms with Gasteiger partial charge >= 0.3 is 0 Å². The number of aryl methyl sites for hydroxylation is 2. The maximum absolute atomic E-state index is 13.1. The maximum Gasteiger partial charge on any atom is 0.257 e. The number of fused-ring (bicyclic) bond motifs is 2. The minimum atomic E-state index is 0.0658. The minimum Gasteiger partial charge on any atom is -0.336 e. The van der Waals surface area contributed by atoms with Crippen molar-refractivity contribution in [2.75, 3.05) is 26.2 Å². The van der Waals surface area contributed by atoms with Gasteiger partial charge in [-0.15, -0.1) is 0 Å². The summed E-state index contributed by atoms with van der Waals surface area (Å²) in [5.74, 6) is 0.0658. The molecule has 6 heteroatoms. The Morgan fingerprint density at radius 2 is 1.86 bits per heavy atom. The second kappa shape index (κ2) is 7.02. The van der Waals surface area contributed by atoms with E-state index in [1.54, 1.807) is 16.9 Å². The Hall–Kier alpha value is -2.73. The monoisotopic (exact) mass is 375 g/mol. The fourth-order valence-electron chi connectivity index (χ4n) is 4.65. The zero-order chi connectivity index (χ0) is 19.1. The molecule has 1 aliphatic heterocycles. The summed E-state index contributed by atoms with van der Waals surface area (Å²) in [6, 6.07) is 11.3. The van der Waals surface area contributed by atoms with E-state index < -0.39 is 0 Å². The smallest absolute Gasteiger partial charge is 0.257 e. The molecule has 2 aromatic heterocycles. The largest absolute Gasteiger partial charge is 0.336 e. The van der Waals surface area contributed by atoms with Gasteiger partial charge in [-0.1, -0.05) is 24.3 Å². The molecule has 144 valence electrons. The van der Waals surface area contributed by atoms with Gasteiger partial charge in [-0.3, -0.25) is 9.69 Å². The molecule has 1 amide bonds. The van der Waals surface area contributed by atoms with E-state index in [-0.39, 0.29) is 5.91 Å². The SMILES string of the molecule is Cc1c(C(=O)N2CCN(C3CCc4ccccc4C3)CC2)cnc2ccnn12. The summed E-state index contributed by atoms with van der Waals surface area (Å²) in [5, 5.41) is 4.27. The van der Waals surface area contributed by atoms with Gasteiger partial charge in [0.1, 0.15) is 0 Å². The normalized spacial score (nSPS) is 20.3. The van der Waals surface area contributed by atoms with Crippen LogP contribution >= 0.6 is 0 Å². The highest BCUT2D eigenvalue weighted by molar-refractivity contribution is 5.95. The van der Waals surface area contributed by atoms with Gasteiger partial charge in [-0.25, -0.2) is 9.50 Å². The lowest BCUT2D eigenvalue weighted by Gasteiger charge is -2.41. The third kappa shape index (κ3) is 2.98. The van der Waals surface area contributed by atoms with Crippen LogP contribution < -0.4 is 0 Å². The minimum absolute atomic E-state index is 0.0658. The first-order valence-corrected chi connectivity index (χ1v) is 10.1. The van der Waals surface area contributed by atoms with Crippen LogP contribution in [0.3, 0.4) is 0 Å². The number of carbonyl (C=O) groups excluding carboxylic acids is 1. The van der Waals surface area contributed by atoms with Crippen LogP contribution in [0.2, 0.25) is 0 Å². The number of rotatable bonds is 2. The Balaban J connectivity index is 1.26. The second-order valence-corrected chi connectivity index (χ2v) is 7.85. The molecule has 0 N–H and O–H groups in total. The summed E-state index contributed by atoms with van der Waals surface area (Å²) in [4.78, 5) is 22.0. The number of amides is 1. The van der Waals surface area contributed by atoms with E-state index in [1.165, 1.54) is 17.5 Å². The highest BCUT2D eigenvalue weighted by Crippen LogP contribution is 2.25. The molecular weight excluding hydrogens is 350 g/mol. The molecule has 1 fully saturated rings. The molecule has 0 radical (unpaired) electrons. The van der Waals surface area contributed by atoms with Gasteiger partial charge in [-0.05, 0) is 37.3 Å². The molecule has 3 heterocycles. The molecule has 3 aromatic rings. The first-order valence-electron chi connectivity index (χ1n) is 10.1. The number of hydrogen-bond donors (Lipinski definition) is 0. The second-order valence-electron chi connectivity index (χ2n) is 7.85. The summed E-state index contributed by atoms with van der Waals surface area (Å²) in [6.45, 7) is 5.36. The summed E-state index contributed by atoms with van der Waals surface area (Å²) < 4.78 is 1.74. The predicted octanol–water partition coefficient (Wildman–Crippen LogP) is 2.35. The number of aromatic nitrogens is 3. The number of benzene rings is 1. The Bertz CT molecular complexity index is 1020. The summed E-state index contributed by atoms with van der Waals surface area (Å²) in [6.07, 6.45) is 6.91. The summed E-state index contributed by atoms with van der Waals surface area (Å²) in [5.41, 5.74) is 5.27. The first kappa shape index (κ1) is 17.4. The number of nitrogens with zero attached hydrogens (tertiary/aromatic N) is 5. The van der Waals surface area contributed by atoms with Crippen LogP contribution in [0.15, 0.2) is 42.7 Å². The van der Waals surface area contributed by atoms with Crippen molar-refractivity contribution in [3.8, 4) is 0 Å². The van der Waals surface area contributed by atoms with E-state index in [4.69, 9.17) is 0 Å². The Labute approximate surface area is 164 Å². The summed E-state index contributed by atoms with van der Waals surface area (Å²) >= 11 is 0. The lowest BCUT2D eigenvalue weighted by atomic mass is 9.87. The molecule has 1 saturated heterocycles. The van der Waals surface area contributed by atoms with E-state index >= 15 is 0 Å². The average Bonchev–Trinajstić information content (AvgIpc) is 3.23. The molecule has 2 aliphatic rings. The zero-order valence-electron chi connectivity index (χ0n) is 16.2. The van der Waals surface area contributed by atoms with Gasteiger partial charge in [0.05, 0.1) is 17.5 Å². The molecule has 0 saturated carbocycles. The fourth-order valence-corrected chi connectivity index (χ4v) is 4.65. The van der Waals surface area contributed by atoms with Crippen molar-refractivity contribution in [1.82, 2.24) is 24.4 Å². The third-order valence-electron chi connectivity index (χ3n) is 6.33. The van der Waals surface area contributed by atoms with Gasteiger partial charge in [0.25, 0.3) is 5.91 Å². The van der Waals surface area contributed by atoms with Gasteiger partial charge < -0.3 is 4.90 Å². The first-order chi connectivity index (χ1) is 13.7. The van der Waals surface area contributed by atoms with E-state index in [2.05, 4.69) is 39.2 Å². The highest BCUT2D eigenvalue weighted by atomic mass is 16.2. The van der Waals surface area contributed by atoms with Crippen LogP contribution in [0.25, 0.3) is 5.65 Å². The molecular formula is C22H25N5O. The van der Waals surface area contributed by atoms with Crippen molar-refractivity contribution in [3.05, 3.63) is 65.1 Å². The van der Waals surface area contributed by atoms with Crippen molar-refractivity contribution >= 4 is 11.6 Å². The van der Waals surface area contributed by atoms with E-state index in [1.807, 2.05) is 17.9 Å². The lowest BCUT2D eigenvalue weighted by molar-refractivity contribution is 0.0551. The summed E-state index contributed by atoms with van der Waals surface area (Å²) in [7, 11) is 0. The van der Waals surface area contributed by atoms with Crippen LogP contribution in [0.5, 0.6) is 0 Å². The van der Waals surface area contributed by atoms with Crippen LogP contribution in [0, 0.1) is 6.92 Å². The number of hydrogen-bond acceptors (Lipinski definition) is 4. The lowest BCUT2D eigenvalue weighted by Crippen LogP contribution is -2.53. The van der Waals surface area contributed by atoms with Gasteiger partial charge in [0, 0.05) is 44.5 Å².